The first-order chi connectivity index (χ1) is 12.5. The van der Waals surface area contributed by atoms with Crippen LogP contribution < -0.4 is 5.73 Å². The molecule has 1 aliphatic rings. The molecule has 3 N–H and O–H groups in total. The van der Waals surface area contributed by atoms with Gasteiger partial charge in [-0.15, -0.1) is 5.10 Å². The molecule has 8 nitrogen and oxygen atoms in total. The maximum atomic E-state index is 11.8. The van der Waals surface area contributed by atoms with Gasteiger partial charge in [0.25, 0.3) is 5.91 Å². The van der Waals surface area contributed by atoms with E-state index in [-0.39, 0.29) is 17.7 Å². The van der Waals surface area contributed by atoms with Gasteiger partial charge in [-0.1, -0.05) is 40.7 Å². The zero-order valence-electron chi connectivity index (χ0n) is 14.2. The molecule has 2 aromatic heterocycles. The molecule has 0 aliphatic heterocycles. The highest BCUT2D eigenvalue weighted by Crippen LogP contribution is 2.48. The van der Waals surface area contributed by atoms with E-state index in [2.05, 4.69) is 15.5 Å². The van der Waals surface area contributed by atoms with Crippen LogP contribution in [0.2, 0.25) is 0 Å². The topological polar surface area (TPSA) is 120 Å². The second-order valence-corrected chi connectivity index (χ2v) is 6.63. The van der Waals surface area contributed by atoms with E-state index in [4.69, 9.17) is 10.3 Å². The molecule has 1 saturated carbocycles. The second kappa shape index (κ2) is 6.38. The Morgan fingerprint density at radius 2 is 2.08 bits per heavy atom. The first kappa shape index (κ1) is 16.5. The Morgan fingerprint density at radius 1 is 1.35 bits per heavy atom. The Labute approximate surface area is 149 Å². The molecule has 8 heteroatoms. The lowest BCUT2D eigenvalue weighted by molar-refractivity contribution is 0.0989. The fourth-order valence-electron chi connectivity index (χ4n) is 3.35. The number of benzene rings is 1. The number of aliphatic hydroxyl groups is 1. The van der Waals surface area contributed by atoms with Crippen molar-refractivity contribution in [3.05, 3.63) is 53.5 Å². The number of primary amides is 1. The summed E-state index contributed by atoms with van der Waals surface area (Å²) in [4.78, 5) is 11.8. The standard InChI is InChI=1S/C18H19N5O3/c1-10(24)14-9-23(22-20-14)13-7-12(8-13)15-16(18(19)25)21-26-17(15)11-5-3-2-4-6-11/h2-6,9-10,12-13,24H,7-8H2,1H3,(H2,19,25)/t10-,12?,13?/m1/s1. The second-order valence-electron chi connectivity index (χ2n) is 6.63. The van der Waals surface area contributed by atoms with Crippen molar-refractivity contribution in [2.75, 3.05) is 0 Å². The number of hydrogen-bond acceptors (Lipinski definition) is 6. The molecule has 2 heterocycles. The first-order valence-electron chi connectivity index (χ1n) is 8.49. The van der Waals surface area contributed by atoms with E-state index in [9.17, 15) is 9.90 Å². The minimum Gasteiger partial charge on any atom is -0.387 e. The van der Waals surface area contributed by atoms with Gasteiger partial charge in [-0.25, -0.2) is 4.68 Å². The van der Waals surface area contributed by atoms with Gasteiger partial charge < -0.3 is 15.4 Å². The maximum absolute atomic E-state index is 11.8. The molecular weight excluding hydrogens is 334 g/mol. The molecule has 1 atom stereocenters. The largest absolute Gasteiger partial charge is 0.387 e. The summed E-state index contributed by atoms with van der Waals surface area (Å²) in [6, 6.07) is 9.70. The average molecular weight is 353 g/mol. The minimum atomic E-state index is -0.649. The molecular formula is C18H19N5O3. The van der Waals surface area contributed by atoms with Crippen molar-refractivity contribution in [2.45, 2.75) is 37.8 Å². The third-order valence-electron chi connectivity index (χ3n) is 4.85. The highest BCUT2D eigenvalue weighted by molar-refractivity contribution is 5.94. The summed E-state index contributed by atoms with van der Waals surface area (Å²) in [5, 5.41) is 21.6. The number of nitrogens with zero attached hydrogens (tertiary/aromatic N) is 4. The summed E-state index contributed by atoms with van der Waals surface area (Å²) in [6.07, 6.45) is 2.64. The van der Waals surface area contributed by atoms with E-state index in [1.54, 1.807) is 17.8 Å². The summed E-state index contributed by atoms with van der Waals surface area (Å²) in [7, 11) is 0. The van der Waals surface area contributed by atoms with E-state index in [1.807, 2.05) is 30.3 Å². The third-order valence-corrected chi connectivity index (χ3v) is 4.85. The van der Waals surface area contributed by atoms with Gasteiger partial charge in [-0.2, -0.15) is 0 Å². The lowest BCUT2D eigenvalue weighted by Gasteiger charge is -2.35. The Kier molecular flexibility index (Phi) is 4.04. The van der Waals surface area contributed by atoms with Gasteiger partial charge in [0.15, 0.2) is 11.5 Å². The number of rotatable bonds is 5. The molecule has 26 heavy (non-hydrogen) atoms. The van der Waals surface area contributed by atoms with Crippen LogP contribution in [-0.4, -0.2) is 31.2 Å². The molecule has 134 valence electrons. The van der Waals surface area contributed by atoms with Crippen LogP contribution in [0.15, 0.2) is 41.1 Å². The van der Waals surface area contributed by atoms with Crippen molar-refractivity contribution in [1.29, 1.82) is 0 Å². The average Bonchev–Trinajstić information content (AvgIpc) is 3.22. The van der Waals surface area contributed by atoms with Crippen LogP contribution in [0.25, 0.3) is 11.3 Å². The molecule has 3 aromatic rings. The highest BCUT2D eigenvalue weighted by atomic mass is 16.5. The predicted octanol–water partition coefficient (Wildman–Crippen LogP) is 2.20. The van der Waals surface area contributed by atoms with Crippen molar-refractivity contribution in [3.63, 3.8) is 0 Å². The Morgan fingerprint density at radius 3 is 2.69 bits per heavy atom. The van der Waals surface area contributed by atoms with Crippen molar-refractivity contribution < 1.29 is 14.4 Å². The molecule has 1 aromatic carbocycles. The van der Waals surface area contributed by atoms with Crippen LogP contribution in [0.4, 0.5) is 0 Å². The predicted molar refractivity (Wildman–Crippen MR) is 92.1 cm³/mol. The molecule has 1 amide bonds. The number of hydrogen-bond donors (Lipinski definition) is 2. The summed E-state index contributed by atoms with van der Waals surface area (Å²) in [5.74, 6) is 0.0980. The fraction of sp³-hybridized carbons (Fsp3) is 0.333. The Hall–Kier alpha value is -3.00. The van der Waals surface area contributed by atoms with Gasteiger partial charge in [0.05, 0.1) is 18.3 Å². The molecule has 0 radical (unpaired) electrons. The SMILES string of the molecule is C[C@@H](O)c1cn(C2CC(c3c(C(N)=O)noc3-c3ccccc3)C2)nn1. The molecule has 0 saturated heterocycles. The molecule has 4 rings (SSSR count). The van der Waals surface area contributed by atoms with Crippen LogP contribution in [-0.2, 0) is 0 Å². The van der Waals surface area contributed by atoms with Crippen LogP contribution in [0, 0.1) is 0 Å². The van der Waals surface area contributed by atoms with Crippen LogP contribution in [0.5, 0.6) is 0 Å². The molecule has 1 aliphatic carbocycles. The van der Waals surface area contributed by atoms with E-state index in [1.165, 1.54) is 0 Å². The summed E-state index contributed by atoms with van der Waals surface area (Å²) in [6.45, 7) is 1.65. The van der Waals surface area contributed by atoms with E-state index < -0.39 is 12.0 Å². The number of aromatic nitrogens is 4. The Balaban J connectivity index is 1.60. The lowest BCUT2D eigenvalue weighted by atomic mass is 9.74. The fourth-order valence-corrected chi connectivity index (χ4v) is 3.35. The molecule has 1 fully saturated rings. The zero-order valence-corrected chi connectivity index (χ0v) is 14.2. The van der Waals surface area contributed by atoms with Crippen molar-refractivity contribution in [2.24, 2.45) is 5.73 Å². The lowest BCUT2D eigenvalue weighted by Crippen LogP contribution is -2.28. The van der Waals surface area contributed by atoms with Gasteiger partial charge in [-0.3, -0.25) is 4.79 Å². The quantitative estimate of drug-likeness (QED) is 0.725. The monoisotopic (exact) mass is 353 g/mol. The smallest absolute Gasteiger partial charge is 0.271 e. The van der Waals surface area contributed by atoms with Crippen LogP contribution in [0.3, 0.4) is 0 Å². The number of aliphatic hydroxyl groups excluding tert-OH is 1. The molecule has 0 unspecified atom stereocenters. The summed E-state index contributed by atoms with van der Waals surface area (Å²) in [5.41, 5.74) is 7.85. The van der Waals surface area contributed by atoms with Gasteiger partial charge in [-0.05, 0) is 25.7 Å². The Bertz CT molecular complexity index is 925. The van der Waals surface area contributed by atoms with Crippen LogP contribution in [0.1, 0.15) is 59.6 Å². The van der Waals surface area contributed by atoms with Gasteiger partial charge >= 0.3 is 0 Å². The number of carbonyl (C=O) groups is 1. The van der Waals surface area contributed by atoms with E-state index in [0.29, 0.717) is 11.5 Å². The maximum Gasteiger partial charge on any atom is 0.271 e. The number of nitrogens with two attached hydrogens (primary N) is 1. The van der Waals surface area contributed by atoms with E-state index >= 15 is 0 Å². The molecule has 0 bridgehead atoms. The number of amides is 1. The van der Waals surface area contributed by atoms with Gasteiger partial charge in [0.1, 0.15) is 5.69 Å². The van der Waals surface area contributed by atoms with Crippen molar-refractivity contribution >= 4 is 5.91 Å². The third kappa shape index (κ3) is 2.78. The summed E-state index contributed by atoms with van der Waals surface area (Å²) >= 11 is 0. The van der Waals surface area contributed by atoms with E-state index in [0.717, 1.165) is 24.0 Å². The van der Waals surface area contributed by atoms with Crippen LogP contribution >= 0.6 is 0 Å². The van der Waals surface area contributed by atoms with Gasteiger partial charge in [0.2, 0.25) is 0 Å². The number of carbonyl (C=O) groups excluding carboxylic acids is 1. The zero-order chi connectivity index (χ0) is 18.3. The minimum absolute atomic E-state index is 0.100. The highest BCUT2D eigenvalue weighted by Gasteiger charge is 2.38. The first-order valence-corrected chi connectivity index (χ1v) is 8.49. The van der Waals surface area contributed by atoms with Crippen molar-refractivity contribution in [3.8, 4) is 11.3 Å². The normalized spacial score (nSPS) is 20.5. The van der Waals surface area contributed by atoms with Gasteiger partial charge in [0, 0.05) is 11.1 Å². The summed E-state index contributed by atoms with van der Waals surface area (Å²) < 4.78 is 7.22. The molecule has 0 spiro atoms. The van der Waals surface area contributed by atoms with Crippen molar-refractivity contribution in [1.82, 2.24) is 20.2 Å².